The summed E-state index contributed by atoms with van der Waals surface area (Å²) >= 11 is 8.08. The van der Waals surface area contributed by atoms with Crippen molar-refractivity contribution >= 4 is 34.3 Å². The van der Waals surface area contributed by atoms with E-state index >= 15 is 0 Å². The highest BCUT2D eigenvalue weighted by atomic mass is 35.5. The molecule has 29 heavy (non-hydrogen) atoms. The monoisotopic (exact) mass is 424 g/mol. The zero-order valence-corrected chi connectivity index (χ0v) is 17.7. The van der Waals surface area contributed by atoms with E-state index in [-0.39, 0.29) is 0 Å². The molecule has 7 heteroatoms. The fourth-order valence-corrected chi connectivity index (χ4v) is 4.40. The molecule has 0 bridgehead atoms. The van der Waals surface area contributed by atoms with Gasteiger partial charge in [-0.3, -0.25) is 4.98 Å². The molecule has 0 saturated carbocycles. The highest BCUT2D eigenvalue weighted by molar-refractivity contribution is 7.98. The first-order chi connectivity index (χ1) is 14.3. The molecule has 2 aromatic carbocycles. The van der Waals surface area contributed by atoms with Crippen LogP contribution in [0.5, 0.6) is 0 Å². The molecule has 0 atom stereocenters. The summed E-state index contributed by atoms with van der Waals surface area (Å²) in [5, 5.41) is 11.6. The van der Waals surface area contributed by atoms with Crippen LogP contribution < -0.4 is 0 Å². The van der Waals surface area contributed by atoms with Gasteiger partial charge < -0.3 is 9.30 Å². The van der Waals surface area contributed by atoms with E-state index < -0.39 is 0 Å². The van der Waals surface area contributed by atoms with Crippen molar-refractivity contribution < 1.29 is 4.74 Å². The van der Waals surface area contributed by atoms with Gasteiger partial charge in [0.2, 0.25) is 0 Å². The molecule has 2 aromatic heterocycles. The summed E-state index contributed by atoms with van der Waals surface area (Å²) in [5.74, 6) is 1.55. The molecule has 0 aliphatic heterocycles. The fourth-order valence-electron chi connectivity index (χ4n) is 3.23. The van der Waals surface area contributed by atoms with E-state index in [4.69, 9.17) is 16.3 Å². The molecule has 0 amide bonds. The third-order valence-corrected chi connectivity index (χ3v) is 5.98. The number of halogens is 1. The van der Waals surface area contributed by atoms with Crippen molar-refractivity contribution in [3.63, 3.8) is 0 Å². The summed E-state index contributed by atoms with van der Waals surface area (Å²) in [6.07, 6.45) is 2.70. The van der Waals surface area contributed by atoms with Gasteiger partial charge in [-0.15, -0.1) is 10.2 Å². The van der Waals surface area contributed by atoms with Crippen molar-refractivity contribution in [3.05, 3.63) is 71.4 Å². The largest absolute Gasteiger partial charge is 0.385 e. The van der Waals surface area contributed by atoms with Crippen molar-refractivity contribution in [2.45, 2.75) is 23.9 Å². The Labute approximate surface area is 179 Å². The van der Waals surface area contributed by atoms with Gasteiger partial charge in [0, 0.05) is 43.2 Å². The van der Waals surface area contributed by atoms with E-state index in [1.807, 2.05) is 36.5 Å². The SMILES string of the molecule is COCCCn1c(SCc2cccc3cccnc23)nnc1-c1ccccc1Cl. The van der Waals surface area contributed by atoms with Crippen LogP contribution in [0, 0.1) is 0 Å². The van der Waals surface area contributed by atoms with Crippen LogP contribution in [0.25, 0.3) is 22.3 Å². The van der Waals surface area contributed by atoms with Crippen LogP contribution in [0.1, 0.15) is 12.0 Å². The third kappa shape index (κ3) is 4.45. The standard InChI is InChI=1S/C22H21ClN4OS/c1-28-14-6-13-27-21(18-10-2-3-11-19(18)23)25-26-22(27)29-15-17-8-4-7-16-9-5-12-24-20(16)17/h2-5,7-12H,6,13-15H2,1H3. The van der Waals surface area contributed by atoms with Gasteiger partial charge in [0.15, 0.2) is 11.0 Å². The molecule has 2 heterocycles. The molecular weight excluding hydrogens is 404 g/mol. The molecule has 0 radical (unpaired) electrons. The van der Waals surface area contributed by atoms with Crippen LogP contribution in [0.4, 0.5) is 0 Å². The van der Waals surface area contributed by atoms with Gasteiger partial charge in [0.1, 0.15) is 0 Å². The Balaban J connectivity index is 1.63. The van der Waals surface area contributed by atoms with E-state index in [1.165, 1.54) is 5.56 Å². The quantitative estimate of drug-likeness (QED) is 0.277. The number of para-hydroxylation sites is 1. The Morgan fingerprint density at radius 1 is 1.03 bits per heavy atom. The van der Waals surface area contributed by atoms with E-state index in [2.05, 4.69) is 44.0 Å². The average molecular weight is 425 g/mol. The lowest BCUT2D eigenvalue weighted by Crippen LogP contribution is -2.05. The van der Waals surface area contributed by atoms with Crippen molar-refractivity contribution in [1.29, 1.82) is 0 Å². The lowest BCUT2D eigenvalue weighted by molar-refractivity contribution is 0.189. The Morgan fingerprint density at radius 2 is 1.90 bits per heavy atom. The van der Waals surface area contributed by atoms with Crippen molar-refractivity contribution in [2.24, 2.45) is 0 Å². The lowest BCUT2D eigenvalue weighted by atomic mass is 10.1. The topological polar surface area (TPSA) is 52.8 Å². The zero-order valence-electron chi connectivity index (χ0n) is 16.1. The van der Waals surface area contributed by atoms with Crippen molar-refractivity contribution in [2.75, 3.05) is 13.7 Å². The minimum absolute atomic E-state index is 0.669. The first-order valence-electron chi connectivity index (χ1n) is 9.40. The number of ether oxygens (including phenoxy) is 1. The van der Waals surface area contributed by atoms with Crippen LogP contribution in [-0.4, -0.2) is 33.5 Å². The maximum absolute atomic E-state index is 6.42. The number of pyridine rings is 1. The Kier molecular flexibility index (Phi) is 6.44. The van der Waals surface area contributed by atoms with Crippen molar-refractivity contribution in [1.82, 2.24) is 19.7 Å². The Hall–Kier alpha value is -2.41. The molecule has 0 fully saturated rings. The van der Waals surface area contributed by atoms with Crippen LogP contribution in [0.3, 0.4) is 0 Å². The number of rotatable bonds is 8. The van der Waals surface area contributed by atoms with E-state index in [0.717, 1.165) is 46.2 Å². The molecule has 5 nitrogen and oxygen atoms in total. The van der Waals surface area contributed by atoms with E-state index in [0.29, 0.717) is 11.6 Å². The van der Waals surface area contributed by atoms with Gasteiger partial charge >= 0.3 is 0 Å². The molecule has 0 N–H and O–H groups in total. The number of hydrogen-bond donors (Lipinski definition) is 0. The maximum Gasteiger partial charge on any atom is 0.191 e. The predicted molar refractivity (Wildman–Crippen MR) is 118 cm³/mol. The average Bonchev–Trinajstić information content (AvgIpc) is 3.15. The number of nitrogens with zero attached hydrogens (tertiary/aromatic N) is 4. The molecule has 0 saturated heterocycles. The van der Waals surface area contributed by atoms with Crippen LogP contribution >= 0.6 is 23.4 Å². The van der Waals surface area contributed by atoms with Gasteiger partial charge in [-0.25, -0.2) is 0 Å². The third-order valence-electron chi connectivity index (χ3n) is 4.63. The normalized spacial score (nSPS) is 11.2. The van der Waals surface area contributed by atoms with E-state index in [9.17, 15) is 0 Å². The Morgan fingerprint density at radius 3 is 2.76 bits per heavy atom. The minimum atomic E-state index is 0.669. The second-order valence-corrected chi connectivity index (χ2v) is 7.91. The van der Waals surface area contributed by atoms with Gasteiger partial charge in [-0.1, -0.05) is 59.8 Å². The molecule has 0 spiro atoms. The molecular formula is C22H21ClN4OS. The second-order valence-electron chi connectivity index (χ2n) is 6.56. The van der Waals surface area contributed by atoms with Crippen molar-refractivity contribution in [3.8, 4) is 11.4 Å². The molecule has 0 aliphatic carbocycles. The number of fused-ring (bicyclic) bond motifs is 1. The Bertz CT molecular complexity index is 1110. The number of hydrogen-bond acceptors (Lipinski definition) is 5. The minimum Gasteiger partial charge on any atom is -0.385 e. The highest BCUT2D eigenvalue weighted by Crippen LogP contribution is 2.31. The molecule has 4 rings (SSSR count). The first kappa shape index (κ1) is 19.9. The lowest BCUT2D eigenvalue weighted by Gasteiger charge is -2.11. The summed E-state index contributed by atoms with van der Waals surface area (Å²) in [6.45, 7) is 1.44. The zero-order chi connectivity index (χ0) is 20.1. The smallest absolute Gasteiger partial charge is 0.191 e. The summed E-state index contributed by atoms with van der Waals surface area (Å²) in [5.41, 5.74) is 3.09. The molecule has 4 aromatic rings. The van der Waals surface area contributed by atoms with Gasteiger partial charge in [0.25, 0.3) is 0 Å². The summed E-state index contributed by atoms with van der Waals surface area (Å²) < 4.78 is 7.36. The molecule has 148 valence electrons. The number of thioether (sulfide) groups is 1. The maximum atomic E-state index is 6.42. The first-order valence-corrected chi connectivity index (χ1v) is 10.8. The van der Waals surface area contributed by atoms with Gasteiger partial charge in [-0.2, -0.15) is 0 Å². The molecule has 0 aliphatic rings. The van der Waals surface area contributed by atoms with Crippen LogP contribution in [0.15, 0.2) is 66.0 Å². The van der Waals surface area contributed by atoms with Gasteiger partial charge in [0.05, 0.1) is 10.5 Å². The summed E-state index contributed by atoms with van der Waals surface area (Å²) in [4.78, 5) is 4.55. The number of benzene rings is 2. The van der Waals surface area contributed by atoms with Crippen LogP contribution in [-0.2, 0) is 17.0 Å². The molecule has 0 unspecified atom stereocenters. The summed E-state index contributed by atoms with van der Waals surface area (Å²) in [7, 11) is 1.71. The number of methoxy groups -OCH3 is 1. The predicted octanol–water partition coefficient (Wildman–Crippen LogP) is 5.48. The summed E-state index contributed by atoms with van der Waals surface area (Å²) in [6, 6.07) is 18.0. The fraction of sp³-hybridized carbons (Fsp3) is 0.227. The number of aromatic nitrogens is 4. The second kappa shape index (κ2) is 9.39. The van der Waals surface area contributed by atoms with Gasteiger partial charge in [-0.05, 0) is 30.2 Å². The van der Waals surface area contributed by atoms with E-state index in [1.54, 1.807) is 18.9 Å². The highest BCUT2D eigenvalue weighted by Gasteiger charge is 2.17. The van der Waals surface area contributed by atoms with Crippen LogP contribution in [0.2, 0.25) is 5.02 Å².